The number of nitrogens with one attached hydrogen (secondary N) is 2. The van der Waals surface area contributed by atoms with Crippen molar-refractivity contribution in [1.29, 1.82) is 0 Å². The summed E-state index contributed by atoms with van der Waals surface area (Å²) in [6, 6.07) is 2.98. The van der Waals surface area contributed by atoms with Crippen LogP contribution in [0, 0.1) is 24.6 Å². The number of carbonyl (C=O) groups is 2. The van der Waals surface area contributed by atoms with Crippen molar-refractivity contribution in [3.8, 4) is 0 Å². The molecule has 7 heteroatoms. The summed E-state index contributed by atoms with van der Waals surface area (Å²) in [5, 5.41) is 6.12. The quantitative estimate of drug-likeness (QED) is 0.774. The van der Waals surface area contributed by atoms with Crippen LogP contribution in [0.5, 0.6) is 0 Å². The minimum absolute atomic E-state index is 0.0429. The van der Waals surface area contributed by atoms with E-state index in [4.69, 9.17) is 0 Å². The molecule has 2 aliphatic heterocycles. The molecular weight excluding hydrogens is 383 g/mol. The van der Waals surface area contributed by atoms with Gasteiger partial charge in [-0.2, -0.15) is 0 Å². The zero-order valence-electron chi connectivity index (χ0n) is 17.9. The molecule has 30 heavy (non-hydrogen) atoms. The molecule has 1 saturated carbocycles. The molecule has 164 valence electrons. The predicted molar refractivity (Wildman–Crippen MR) is 115 cm³/mol. The first kappa shape index (κ1) is 21.2. The van der Waals surface area contributed by atoms with Gasteiger partial charge in [-0.25, -0.2) is 4.39 Å². The molecule has 1 unspecified atom stereocenters. The Kier molecular flexibility index (Phi) is 6.68. The molecule has 3 fully saturated rings. The number of anilines is 1. The standard InChI is InChI=1S/C23H33FN4O2/c1-16-19(12-20(24)13-21(16)26-22(29)18-6-7-25-14-18)15-27-8-10-28(11-9-27)23(30)17-4-2-3-5-17/h12-13,17-18,25H,2-11,14-15H2,1H3,(H,26,29). The molecule has 0 aromatic heterocycles. The number of amides is 2. The van der Waals surface area contributed by atoms with Crippen LogP contribution in [0.25, 0.3) is 0 Å². The lowest BCUT2D eigenvalue weighted by Gasteiger charge is -2.36. The van der Waals surface area contributed by atoms with E-state index in [1.807, 2.05) is 11.8 Å². The molecule has 2 amide bonds. The predicted octanol–water partition coefficient (Wildman–Crippen LogP) is 2.52. The molecular formula is C23H33FN4O2. The van der Waals surface area contributed by atoms with Crippen LogP contribution in [-0.4, -0.2) is 60.9 Å². The van der Waals surface area contributed by atoms with Gasteiger partial charge in [0.05, 0.1) is 5.92 Å². The lowest BCUT2D eigenvalue weighted by Crippen LogP contribution is -2.49. The van der Waals surface area contributed by atoms with E-state index in [1.165, 1.54) is 18.9 Å². The zero-order valence-corrected chi connectivity index (χ0v) is 17.9. The third-order valence-electron chi connectivity index (χ3n) is 6.95. The SMILES string of the molecule is Cc1c(CN2CCN(C(=O)C3CCCC3)CC2)cc(F)cc1NC(=O)C1CCNC1. The van der Waals surface area contributed by atoms with Crippen LogP contribution in [0.4, 0.5) is 10.1 Å². The molecule has 1 aromatic carbocycles. The second-order valence-electron chi connectivity index (χ2n) is 9.00. The van der Waals surface area contributed by atoms with E-state index in [0.29, 0.717) is 24.7 Å². The molecule has 0 radical (unpaired) electrons. The molecule has 0 spiro atoms. The smallest absolute Gasteiger partial charge is 0.228 e. The van der Waals surface area contributed by atoms with E-state index in [1.54, 1.807) is 6.07 Å². The van der Waals surface area contributed by atoms with Crippen LogP contribution in [0.1, 0.15) is 43.2 Å². The van der Waals surface area contributed by atoms with Crippen molar-refractivity contribution in [2.75, 3.05) is 44.6 Å². The number of halogens is 1. The van der Waals surface area contributed by atoms with Gasteiger partial charge < -0.3 is 15.5 Å². The minimum Gasteiger partial charge on any atom is -0.340 e. The second-order valence-corrected chi connectivity index (χ2v) is 9.00. The van der Waals surface area contributed by atoms with E-state index < -0.39 is 0 Å². The van der Waals surface area contributed by atoms with Crippen molar-refractivity contribution < 1.29 is 14.0 Å². The Morgan fingerprint density at radius 2 is 1.83 bits per heavy atom. The molecule has 2 saturated heterocycles. The maximum Gasteiger partial charge on any atom is 0.228 e. The first-order valence-corrected chi connectivity index (χ1v) is 11.3. The number of nitrogens with zero attached hydrogens (tertiary/aromatic N) is 2. The summed E-state index contributed by atoms with van der Waals surface area (Å²) < 4.78 is 14.3. The van der Waals surface area contributed by atoms with Gasteiger partial charge in [-0.05, 0) is 56.0 Å². The molecule has 0 bridgehead atoms. The number of benzene rings is 1. The molecule has 1 aliphatic carbocycles. The Balaban J connectivity index is 1.36. The van der Waals surface area contributed by atoms with E-state index >= 15 is 0 Å². The summed E-state index contributed by atoms with van der Waals surface area (Å²) in [4.78, 5) is 29.4. The van der Waals surface area contributed by atoms with E-state index in [-0.39, 0.29) is 23.6 Å². The summed E-state index contributed by atoms with van der Waals surface area (Å²) in [5.41, 5.74) is 2.38. The van der Waals surface area contributed by atoms with Gasteiger partial charge in [0.1, 0.15) is 5.82 Å². The number of piperazine rings is 1. The van der Waals surface area contributed by atoms with Crippen LogP contribution in [0.2, 0.25) is 0 Å². The Morgan fingerprint density at radius 3 is 2.50 bits per heavy atom. The molecule has 4 rings (SSSR count). The number of hydrogen-bond donors (Lipinski definition) is 2. The lowest BCUT2D eigenvalue weighted by molar-refractivity contribution is -0.137. The Morgan fingerprint density at radius 1 is 1.10 bits per heavy atom. The molecule has 2 heterocycles. The number of rotatable bonds is 5. The van der Waals surface area contributed by atoms with Gasteiger partial charge in [0, 0.05) is 50.9 Å². The Bertz CT molecular complexity index is 780. The first-order chi connectivity index (χ1) is 14.5. The topological polar surface area (TPSA) is 64.7 Å². The van der Waals surface area contributed by atoms with Crippen molar-refractivity contribution >= 4 is 17.5 Å². The van der Waals surface area contributed by atoms with Crippen LogP contribution in [-0.2, 0) is 16.1 Å². The highest BCUT2D eigenvalue weighted by Gasteiger charge is 2.29. The maximum atomic E-state index is 14.3. The van der Waals surface area contributed by atoms with E-state index in [9.17, 15) is 14.0 Å². The monoisotopic (exact) mass is 416 g/mol. The highest BCUT2D eigenvalue weighted by Crippen LogP contribution is 2.28. The van der Waals surface area contributed by atoms with Crippen molar-refractivity contribution in [1.82, 2.24) is 15.1 Å². The molecule has 1 aromatic rings. The van der Waals surface area contributed by atoms with Gasteiger partial charge in [-0.15, -0.1) is 0 Å². The van der Waals surface area contributed by atoms with Gasteiger partial charge in [-0.3, -0.25) is 14.5 Å². The fraction of sp³-hybridized carbons (Fsp3) is 0.652. The largest absolute Gasteiger partial charge is 0.340 e. The normalized spacial score (nSPS) is 23.1. The minimum atomic E-state index is -0.328. The van der Waals surface area contributed by atoms with Crippen LogP contribution < -0.4 is 10.6 Å². The van der Waals surface area contributed by atoms with Crippen LogP contribution in [0.3, 0.4) is 0 Å². The molecule has 6 nitrogen and oxygen atoms in total. The van der Waals surface area contributed by atoms with E-state index in [2.05, 4.69) is 15.5 Å². The van der Waals surface area contributed by atoms with Crippen molar-refractivity contribution in [3.05, 3.63) is 29.1 Å². The first-order valence-electron chi connectivity index (χ1n) is 11.3. The van der Waals surface area contributed by atoms with Gasteiger partial charge in [0.25, 0.3) is 0 Å². The number of carbonyl (C=O) groups excluding carboxylic acids is 2. The fourth-order valence-electron chi connectivity index (χ4n) is 4.94. The summed E-state index contributed by atoms with van der Waals surface area (Å²) in [5.74, 6) is 0.120. The summed E-state index contributed by atoms with van der Waals surface area (Å²) in [6.45, 7) is 7.16. The van der Waals surface area contributed by atoms with Gasteiger partial charge in [0.2, 0.25) is 11.8 Å². The average molecular weight is 417 g/mol. The van der Waals surface area contributed by atoms with Gasteiger partial charge >= 0.3 is 0 Å². The third-order valence-corrected chi connectivity index (χ3v) is 6.95. The average Bonchev–Trinajstić information content (AvgIpc) is 3.45. The number of hydrogen-bond acceptors (Lipinski definition) is 4. The summed E-state index contributed by atoms with van der Waals surface area (Å²) in [7, 11) is 0. The molecule has 1 atom stereocenters. The van der Waals surface area contributed by atoms with Crippen molar-refractivity contribution in [2.24, 2.45) is 11.8 Å². The Labute approximate surface area is 178 Å². The fourth-order valence-corrected chi connectivity index (χ4v) is 4.94. The van der Waals surface area contributed by atoms with Crippen LogP contribution >= 0.6 is 0 Å². The second kappa shape index (κ2) is 9.43. The lowest BCUT2D eigenvalue weighted by atomic mass is 10.0. The Hall–Kier alpha value is -1.99. The highest BCUT2D eigenvalue weighted by atomic mass is 19.1. The van der Waals surface area contributed by atoms with Crippen molar-refractivity contribution in [2.45, 2.75) is 45.6 Å². The molecule has 3 aliphatic rings. The van der Waals surface area contributed by atoms with Gasteiger partial charge in [0.15, 0.2) is 0 Å². The summed E-state index contributed by atoms with van der Waals surface area (Å²) >= 11 is 0. The summed E-state index contributed by atoms with van der Waals surface area (Å²) in [6.07, 6.45) is 5.23. The van der Waals surface area contributed by atoms with Gasteiger partial charge in [-0.1, -0.05) is 12.8 Å². The van der Waals surface area contributed by atoms with Crippen LogP contribution in [0.15, 0.2) is 12.1 Å². The maximum absolute atomic E-state index is 14.3. The van der Waals surface area contributed by atoms with E-state index in [0.717, 1.165) is 63.1 Å². The van der Waals surface area contributed by atoms with Crippen molar-refractivity contribution in [3.63, 3.8) is 0 Å². The molecule has 2 N–H and O–H groups in total. The highest BCUT2D eigenvalue weighted by molar-refractivity contribution is 5.93. The zero-order chi connectivity index (χ0) is 21.1. The third kappa shape index (κ3) is 4.83.